The van der Waals surface area contributed by atoms with Crippen molar-refractivity contribution < 1.29 is 9.59 Å². The van der Waals surface area contributed by atoms with E-state index < -0.39 is 0 Å². The molecule has 2 aromatic heterocycles. The Labute approximate surface area is 161 Å². The lowest BCUT2D eigenvalue weighted by Crippen LogP contribution is -2.50. The Morgan fingerprint density at radius 1 is 1.00 bits per heavy atom. The topological polar surface area (TPSA) is 55.9 Å². The molecule has 0 aromatic carbocycles. The van der Waals surface area contributed by atoms with E-state index >= 15 is 0 Å². The Kier molecular flexibility index (Phi) is 5.54. The van der Waals surface area contributed by atoms with Gasteiger partial charge >= 0.3 is 0 Å². The summed E-state index contributed by atoms with van der Waals surface area (Å²) in [5.41, 5.74) is 0. The molecule has 2 saturated heterocycles. The highest BCUT2D eigenvalue weighted by Gasteiger charge is 2.24. The van der Waals surface area contributed by atoms with Crippen LogP contribution in [-0.2, 0) is 4.79 Å². The van der Waals surface area contributed by atoms with Crippen molar-refractivity contribution in [3.05, 3.63) is 22.4 Å². The quantitative estimate of drug-likeness (QED) is 0.858. The Morgan fingerprint density at radius 3 is 2.50 bits per heavy atom. The van der Waals surface area contributed by atoms with Gasteiger partial charge in [-0.25, -0.2) is 0 Å². The van der Waals surface area contributed by atoms with Crippen LogP contribution in [0.3, 0.4) is 0 Å². The molecule has 2 aliphatic rings. The van der Waals surface area contributed by atoms with Gasteiger partial charge in [0.05, 0.1) is 4.88 Å². The summed E-state index contributed by atoms with van der Waals surface area (Å²) in [6, 6.07) is 4.10. The minimum Gasteiger partial charge on any atom is -0.340 e. The van der Waals surface area contributed by atoms with Crippen molar-refractivity contribution in [3.8, 4) is 0 Å². The van der Waals surface area contributed by atoms with E-state index in [4.69, 9.17) is 0 Å². The molecule has 26 heavy (non-hydrogen) atoms. The monoisotopic (exact) mass is 392 g/mol. The zero-order chi connectivity index (χ0) is 17.9. The van der Waals surface area contributed by atoms with Gasteiger partial charge in [-0.1, -0.05) is 0 Å². The van der Waals surface area contributed by atoms with Crippen LogP contribution in [0.25, 0.3) is 9.40 Å². The number of amides is 2. The molecular formula is C18H24N4O2S2. The zero-order valence-electron chi connectivity index (χ0n) is 14.8. The van der Waals surface area contributed by atoms with Crippen molar-refractivity contribution in [3.63, 3.8) is 0 Å². The lowest BCUT2D eigenvalue weighted by atomic mass is 10.2. The lowest BCUT2D eigenvalue weighted by molar-refractivity contribution is -0.132. The first-order valence-electron chi connectivity index (χ1n) is 9.18. The van der Waals surface area contributed by atoms with Gasteiger partial charge in [-0.2, -0.15) is 0 Å². The third-order valence-electron chi connectivity index (χ3n) is 5.12. The number of carbonyl (C=O) groups is 2. The van der Waals surface area contributed by atoms with Crippen LogP contribution in [-0.4, -0.2) is 85.4 Å². The summed E-state index contributed by atoms with van der Waals surface area (Å²) >= 11 is 3.27. The van der Waals surface area contributed by atoms with E-state index in [-0.39, 0.29) is 11.8 Å². The fourth-order valence-corrected chi connectivity index (χ4v) is 5.60. The molecule has 2 aliphatic heterocycles. The third-order valence-corrected chi connectivity index (χ3v) is 7.20. The van der Waals surface area contributed by atoms with Crippen LogP contribution in [0.4, 0.5) is 0 Å². The van der Waals surface area contributed by atoms with E-state index in [1.54, 1.807) is 22.7 Å². The van der Waals surface area contributed by atoms with E-state index in [1.165, 1.54) is 9.40 Å². The Morgan fingerprint density at radius 2 is 1.77 bits per heavy atom. The van der Waals surface area contributed by atoms with Gasteiger partial charge in [0.25, 0.3) is 5.91 Å². The maximum absolute atomic E-state index is 12.7. The van der Waals surface area contributed by atoms with Gasteiger partial charge in [0.1, 0.15) is 0 Å². The number of piperazine rings is 2. The van der Waals surface area contributed by atoms with Crippen LogP contribution in [0.1, 0.15) is 16.1 Å². The van der Waals surface area contributed by atoms with Crippen molar-refractivity contribution in [1.29, 1.82) is 0 Å². The lowest BCUT2D eigenvalue weighted by Gasteiger charge is -2.35. The molecule has 0 atom stereocenters. The SMILES string of the molecule is O=C(CCN1CCN(C(=O)c2cc3sccc3s2)CC1)N1CCNCC1. The second-order valence-electron chi connectivity index (χ2n) is 6.77. The van der Waals surface area contributed by atoms with Crippen LogP contribution in [0.2, 0.25) is 0 Å². The average Bonchev–Trinajstić information content (AvgIpc) is 3.29. The molecule has 4 rings (SSSR count). The second kappa shape index (κ2) is 8.04. The number of hydrogen-bond donors (Lipinski definition) is 1. The normalized spacial score (nSPS) is 19.2. The molecular weight excluding hydrogens is 368 g/mol. The van der Waals surface area contributed by atoms with Crippen molar-refractivity contribution in [2.24, 2.45) is 0 Å². The summed E-state index contributed by atoms with van der Waals surface area (Å²) in [5, 5.41) is 5.34. The minimum absolute atomic E-state index is 0.148. The highest BCUT2D eigenvalue weighted by Crippen LogP contribution is 2.30. The first kappa shape index (κ1) is 17.9. The van der Waals surface area contributed by atoms with E-state index in [1.807, 2.05) is 15.9 Å². The van der Waals surface area contributed by atoms with E-state index in [0.29, 0.717) is 6.42 Å². The van der Waals surface area contributed by atoms with E-state index in [0.717, 1.165) is 63.8 Å². The summed E-state index contributed by atoms with van der Waals surface area (Å²) in [6.45, 7) is 7.40. The molecule has 0 bridgehead atoms. The van der Waals surface area contributed by atoms with Crippen LogP contribution in [0, 0.1) is 0 Å². The maximum Gasteiger partial charge on any atom is 0.264 e. The average molecular weight is 393 g/mol. The molecule has 140 valence electrons. The molecule has 0 spiro atoms. The highest BCUT2D eigenvalue weighted by molar-refractivity contribution is 7.27. The highest BCUT2D eigenvalue weighted by atomic mass is 32.1. The predicted molar refractivity (Wildman–Crippen MR) is 106 cm³/mol. The number of nitrogens with zero attached hydrogens (tertiary/aromatic N) is 3. The fraction of sp³-hybridized carbons (Fsp3) is 0.556. The van der Waals surface area contributed by atoms with Gasteiger partial charge in [-0.3, -0.25) is 14.5 Å². The summed E-state index contributed by atoms with van der Waals surface area (Å²) in [4.78, 5) is 32.0. The molecule has 6 nitrogen and oxygen atoms in total. The second-order valence-corrected chi connectivity index (χ2v) is 8.81. The molecule has 2 fully saturated rings. The van der Waals surface area contributed by atoms with Crippen molar-refractivity contribution in [2.75, 3.05) is 58.9 Å². The smallest absolute Gasteiger partial charge is 0.264 e. The zero-order valence-corrected chi connectivity index (χ0v) is 16.4. The summed E-state index contributed by atoms with van der Waals surface area (Å²) < 4.78 is 2.40. The number of hydrogen-bond acceptors (Lipinski definition) is 6. The largest absolute Gasteiger partial charge is 0.340 e. The number of thiophene rings is 2. The Balaban J connectivity index is 1.24. The molecule has 0 radical (unpaired) electrons. The standard InChI is InChI=1S/C18H24N4O2S2/c23-17(21-6-3-19-4-7-21)1-5-20-8-10-22(11-9-20)18(24)16-13-15-14(26-16)2-12-25-15/h2,12-13,19H,1,3-11H2. The van der Waals surface area contributed by atoms with E-state index in [9.17, 15) is 9.59 Å². The van der Waals surface area contributed by atoms with Crippen molar-refractivity contribution in [2.45, 2.75) is 6.42 Å². The van der Waals surface area contributed by atoms with Crippen LogP contribution in [0.5, 0.6) is 0 Å². The van der Waals surface area contributed by atoms with Gasteiger partial charge in [-0.15, -0.1) is 22.7 Å². The third kappa shape index (κ3) is 3.93. The summed E-state index contributed by atoms with van der Waals surface area (Å²) in [6.07, 6.45) is 0.579. The first-order valence-corrected chi connectivity index (χ1v) is 10.9. The molecule has 0 saturated carbocycles. The Bertz CT molecular complexity index is 745. The van der Waals surface area contributed by atoms with E-state index in [2.05, 4.69) is 21.7 Å². The van der Waals surface area contributed by atoms with Crippen molar-refractivity contribution >= 4 is 43.9 Å². The number of carbonyl (C=O) groups excluding carboxylic acids is 2. The molecule has 2 amide bonds. The molecule has 0 aliphatic carbocycles. The van der Waals surface area contributed by atoms with Gasteiger partial charge < -0.3 is 15.1 Å². The molecule has 2 aromatic rings. The Hall–Kier alpha value is -1.48. The molecule has 1 N–H and O–H groups in total. The van der Waals surface area contributed by atoms with Gasteiger partial charge in [0.2, 0.25) is 5.91 Å². The number of rotatable bonds is 4. The van der Waals surface area contributed by atoms with Gasteiger partial charge in [0.15, 0.2) is 0 Å². The van der Waals surface area contributed by atoms with Crippen LogP contribution >= 0.6 is 22.7 Å². The predicted octanol–water partition coefficient (Wildman–Crippen LogP) is 1.54. The van der Waals surface area contributed by atoms with Gasteiger partial charge in [-0.05, 0) is 17.5 Å². The van der Waals surface area contributed by atoms with Gasteiger partial charge in [0, 0.05) is 74.7 Å². The van der Waals surface area contributed by atoms with Crippen LogP contribution in [0.15, 0.2) is 17.5 Å². The summed E-state index contributed by atoms with van der Waals surface area (Å²) in [7, 11) is 0. The van der Waals surface area contributed by atoms with Crippen LogP contribution < -0.4 is 5.32 Å². The number of fused-ring (bicyclic) bond motifs is 1. The first-order chi connectivity index (χ1) is 12.7. The molecule has 8 heteroatoms. The molecule has 0 unspecified atom stereocenters. The minimum atomic E-state index is 0.148. The van der Waals surface area contributed by atoms with Crippen molar-refractivity contribution in [1.82, 2.24) is 20.0 Å². The fourth-order valence-electron chi connectivity index (χ4n) is 3.53. The molecule has 4 heterocycles. The number of nitrogens with one attached hydrogen (secondary N) is 1. The summed E-state index contributed by atoms with van der Waals surface area (Å²) in [5.74, 6) is 0.401. The maximum atomic E-state index is 12.7.